The van der Waals surface area contributed by atoms with E-state index in [1.165, 1.54) is 5.56 Å². The summed E-state index contributed by atoms with van der Waals surface area (Å²) in [6.07, 6.45) is 5.92. The van der Waals surface area contributed by atoms with Crippen LogP contribution < -0.4 is 4.90 Å². The zero-order valence-electron chi connectivity index (χ0n) is 14.0. The van der Waals surface area contributed by atoms with E-state index in [0.29, 0.717) is 5.15 Å². The first-order valence-electron chi connectivity index (χ1n) is 8.05. The summed E-state index contributed by atoms with van der Waals surface area (Å²) >= 11 is 5.98. The SMILES string of the molecule is CC(C)(C)n1cc(CN2CCN(c3ccnc(Cl)c3)CC2)cn1. The summed E-state index contributed by atoms with van der Waals surface area (Å²) in [6, 6.07) is 3.96. The van der Waals surface area contributed by atoms with Crippen molar-refractivity contribution in [1.82, 2.24) is 19.7 Å². The molecule has 6 heteroatoms. The molecular formula is C17H24ClN5. The Labute approximate surface area is 142 Å². The number of halogens is 1. The van der Waals surface area contributed by atoms with E-state index in [1.807, 2.05) is 23.0 Å². The standard InChI is InChI=1S/C17H24ClN5/c1-17(2,3)23-13-14(11-20-23)12-21-6-8-22(9-7-21)15-4-5-19-16(18)10-15/h4-5,10-11,13H,6-9,12H2,1-3H3. The molecule has 5 nitrogen and oxygen atoms in total. The molecule has 0 atom stereocenters. The minimum atomic E-state index is 0.0392. The predicted octanol–water partition coefficient (Wildman–Crippen LogP) is 3.01. The molecule has 0 N–H and O–H groups in total. The summed E-state index contributed by atoms with van der Waals surface area (Å²) in [5.74, 6) is 0. The molecule has 3 heterocycles. The molecule has 0 amide bonds. The summed E-state index contributed by atoms with van der Waals surface area (Å²) in [5.41, 5.74) is 2.47. The van der Waals surface area contributed by atoms with Crippen molar-refractivity contribution in [3.05, 3.63) is 41.4 Å². The lowest BCUT2D eigenvalue weighted by Gasteiger charge is -2.35. The second-order valence-corrected chi connectivity index (χ2v) is 7.45. The van der Waals surface area contributed by atoms with Crippen molar-refractivity contribution in [3.8, 4) is 0 Å². The van der Waals surface area contributed by atoms with Crippen molar-refractivity contribution in [3.63, 3.8) is 0 Å². The normalized spacial score (nSPS) is 16.8. The van der Waals surface area contributed by atoms with Gasteiger partial charge in [-0.15, -0.1) is 0 Å². The average molecular weight is 334 g/mol. The minimum Gasteiger partial charge on any atom is -0.369 e. The average Bonchev–Trinajstić information content (AvgIpc) is 2.97. The van der Waals surface area contributed by atoms with Gasteiger partial charge in [-0.3, -0.25) is 9.58 Å². The first-order chi connectivity index (χ1) is 10.9. The highest BCUT2D eigenvalue weighted by Crippen LogP contribution is 2.20. The van der Waals surface area contributed by atoms with Gasteiger partial charge in [-0.1, -0.05) is 11.6 Å². The van der Waals surface area contributed by atoms with Crippen molar-refractivity contribution in [2.45, 2.75) is 32.9 Å². The third-order valence-corrected chi connectivity index (χ3v) is 4.38. The van der Waals surface area contributed by atoms with E-state index in [2.05, 4.69) is 46.9 Å². The van der Waals surface area contributed by atoms with Crippen molar-refractivity contribution in [1.29, 1.82) is 0 Å². The molecule has 3 rings (SSSR count). The molecule has 0 aliphatic carbocycles. The maximum atomic E-state index is 5.98. The summed E-state index contributed by atoms with van der Waals surface area (Å²) in [4.78, 5) is 8.89. The highest BCUT2D eigenvalue weighted by Gasteiger charge is 2.19. The molecule has 124 valence electrons. The Kier molecular flexibility index (Phi) is 4.60. The Morgan fingerprint density at radius 1 is 1.17 bits per heavy atom. The summed E-state index contributed by atoms with van der Waals surface area (Å²) in [6.45, 7) is 11.6. The molecule has 2 aromatic rings. The monoisotopic (exact) mass is 333 g/mol. The van der Waals surface area contributed by atoms with Crippen LogP contribution in [0.15, 0.2) is 30.7 Å². The number of nitrogens with zero attached hydrogens (tertiary/aromatic N) is 5. The largest absolute Gasteiger partial charge is 0.369 e. The molecule has 1 fully saturated rings. The summed E-state index contributed by atoms with van der Waals surface area (Å²) < 4.78 is 2.04. The van der Waals surface area contributed by atoms with Crippen LogP contribution in [0.1, 0.15) is 26.3 Å². The topological polar surface area (TPSA) is 37.2 Å². The number of hydrogen-bond donors (Lipinski definition) is 0. The van der Waals surface area contributed by atoms with Crippen LogP contribution in [0.3, 0.4) is 0 Å². The van der Waals surface area contributed by atoms with Gasteiger partial charge in [0.15, 0.2) is 0 Å². The fraction of sp³-hybridized carbons (Fsp3) is 0.529. The van der Waals surface area contributed by atoms with E-state index in [4.69, 9.17) is 11.6 Å². The fourth-order valence-electron chi connectivity index (χ4n) is 2.82. The molecule has 23 heavy (non-hydrogen) atoms. The second-order valence-electron chi connectivity index (χ2n) is 7.06. The van der Waals surface area contributed by atoms with Gasteiger partial charge in [0.2, 0.25) is 0 Å². The van der Waals surface area contributed by atoms with E-state index < -0.39 is 0 Å². The van der Waals surface area contributed by atoms with E-state index in [-0.39, 0.29) is 5.54 Å². The van der Waals surface area contributed by atoms with Crippen molar-refractivity contribution in [2.75, 3.05) is 31.1 Å². The predicted molar refractivity (Wildman–Crippen MR) is 94.0 cm³/mol. The second kappa shape index (κ2) is 6.49. The highest BCUT2D eigenvalue weighted by molar-refractivity contribution is 6.29. The van der Waals surface area contributed by atoms with Crippen LogP contribution in [-0.2, 0) is 12.1 Å². The van der Waals surface area contributed by atoms with Gasteiger partial charge in [0, 0.05) is 56.4 Å². The van der Waals surface area contributed by atoms with Gasteiger partial charge in [-0.05, 0) is 32.9 Å². The van der Waals surface area contributed by atoms with Gasteiger partial charge in [0.1, 0.15) is 5.15 Å². The van der Waals surface area contributed by atoms with Crippen LogP contribution in [0.5, 0.6) is 0 Å². The molecule has 0 bridgehead atoms. The molecule has 0 radical (unpaired) electrons. The minimum absolute atomic E-state index is 0.0392. The molecule has 1 saturated heterocycles. The van der Waals surface area contributed by atoms with Gasteiger partial charge in [0.05, 0.1) is 11.7 Å². The molecule has 1 aliphatic heterocycles. The molecule has 0 spiro atoms. The molecule has 1 aliphatic rings. The smallest absolute Gasteiger partial charge is 0.131 e. The van der Waals surface area contributed by atoms with Gasteiger partial charge >= 0.3 is 0 Å². The lowest BCUT2D eigenvalue weighted by molar-refractivity contribution is 0.249. The zero-order chi connectivity index (χ0) is 16.4. The fourth-order valence-corrected chi connectivity index (χ4v) is 2.99. The van der Waals surface area contributed by atoms with Crippen LogP contribution >= 0.6 is 11.6 Å². The van der Waals surface area contributed by atoms with Gasteiger partial charge < -0.3 is 4.90 Å². The quantitative estimate of drug-likeness (QED) is 0.809. The first-order valence-corrected chi connectivity index (χ1v) is 8.42. The highest BCUT2D eigenvalue weighted by atomic mass is 35.5. The molecule has 0 unspecified atom stereocenters. The van der Waals surface area contributed by atoms with Crippen molar-refractivity contribution >= 4 is 17.3 Å². The van der Waals surface area contributed by atoms with Crippen LogP contribution in [-0.4, -0.2) is 45.8 Å². The first kappa shape index (κ1) is 16.3. The van der Waals surface area contributed by atoms with Crippen molar-refractivity contribution < 1.29 is 0 Å². The molecule has 0 saturated carbocycles. The van der Waals surface area contributed by atoms with Crippen LogP contribution in [0, 0.1) is 0 Å². The lowest BCUT2D eigenvalue weighted by atomic mass is 10.1. The van der Waals surface area contributed by atoms with Crippen LogP contribution in [0.4, 0.5) is 5.69 Å². The maximum Gasteiger partial charge on any atom is 0.131 e. The molecule has 0 aromatic carbocycles. The molecular weight excluding hydrogens is 310 g/mol. The van der Waals surface area contributed by atoms with Gasteiger partial charge in [0.25, 0.3) is 0 Å². The van der Waals surface area contributed by atoms with E-state index in [9.17, 15) is 0 Å². The zero-order valence-corrected chi connectivity index (χ0v) is 14.8. The Bertz CT molecular complexity index is 653. The number of aromatic nitrogens is 3. The lowest BCUT2D eigenvalue weighted by Crippen LogP contribution is -2.45. The summed E-state index contributed by atoms with van der Waals surface area (Å²) in [5, 5.41) is 5.04. The maximum absolute atomic E-state index is 5.98. The Balaban J connectivity index is 1.56. The Morgan fingerprint density at radius 3 is 2.52 bits per heavy atom. The third kappa shape index (κ3) is 4.03. The Hall–Kier alpha value is -1.59. The number of rotatable bonds is 3. The van der Waals surface area contributed by atoms with Gasteiger partial charge in [-0.25, -0.2) is 4.98 Å². The van der Waals surface area contributed by atoms with Crippen LogP contribution in [0.2, 0.25) is 5.15 Å². The molecule has 2 aromatic heterocycles. The van der Waals surface area contributed by atoms with E-state index >= 15 is 0 Å². The van der Waals surface area contributed by atoms with E-state index in [1.54, 1.807) is 6.20 Å². The number of anilines is 1. The summed E-state index contributed by atoms with van der Waals surface area (Å²) in [7, 11) is 0. The van der Waals surface area contributed by atoms with Gasteiger partial charge in [-0.2, -0.15) is 5.10 Å². The third-order valence-electron chi connectivity index (χ3n) is 4.18. The number of hydrogen-bond acceptors (Lipinski definition) is 4. The Morgan fingerprint density at radius 2 is 1.91 bits per heavy atom. The number of piperazine rings is 1. The number of pyridine rings is 1. The van der Waals surface area contributed by atoms with Crippen molar-refractivity contribution in [2.24, 2.45) is 0 Å². The van der Waals surface area contributed by atoms with Crippen LogP contribution in [0.25, 0.3) is 0 Å². The van der Waals surface area contributed by atoms with E-state index in [0.717, 1.165) is 38.4 Å².